The van der Waals surface area contributed by atoms with Gasteiger partial charge in [-0.1, -0.05) is 67.6 Å². The van der Waals surface area contributed by atoms with Crippen molar-refractivity contribution in [3.8, 4) is 5.69 Å². The number of nitrogens with zero attached hydrogens (tertiary/aromatic N) is 6. The molecule has 0 saturated heterocycles. The predicted octanol–water partition coefficient (Wildman–Crippen LogP) is 4.28. The molecular weight excluding hydrogens is 458 g/mol. The SMILES string of the molecule is CCCCc1ccc(-n2nnnc2SCC(=O)NCc2c(C)nn(Cc3ccccc3)c2C)cc1. The van der Waals surface area contributed by atoms with E-state index in [1.165, 1.54) is 35.7 Å². The molecule has 0 fully saturated rings. The predicted molar refractivity (Wildman–Crippen MR) is 138 cm³/mol. The van der Waals surface area contributed by atoms with Gasteiger partial charge in [-0.25, -0.2) is 0 Å². The van der Waals surface area contributed by atoms with Crippen molar-refractivity contribution in [2.24, 2.45) is 0 Å². The van der Waals surface area contributed by atoms with Gasteiger partial charge in [-0.15, -0.1) is 5.10 Å². The number of hydrogen-bond acceptors (Lipinski definition) is 6. The van der Waals surface area contributed by atoms with Crippen LogP contribution in [0.1, 0.15) is 47.8 Å². The van der Waals surface area contributed by atoms with Crippen LogP contribution in [0.25, 0.3) is 5.69 Å². The fraction of sp³-hybridized carbons (Fsp3) is 0.346. The molecule has 0 atom stereocenters. The van der Waals surface area contributed by atoms with Gasteiger partial charge >= 0.3 is 0 Å². The summed E-state index contributed by atoms with van der Waals surface area (Å²) in [5.74, 6) is 0.152. The van der Waals surface area contributed by atoms with Crippen LogP contribution in [0.5, 0.6) is 0 Å². The Morgan fingerprint density at radius 3 is 2.54 bits per heavy atom. The van der Waals surface area contributed by atoms with Crippen LogP contribution in [0.4, 0.5) is 0 Å². The third kappa shape index (κ3) is 6.36. The normalized spacial score (nSPS) is 11.1. The van der Waals surface area contributed by atoms with Crippen molar-refractivity contribution >= 4 is 17.7 Å². The van der Waals surface area contributed by atoms with E-state index in [1.807, 2.05) is 48.9 Å². The molecule has 35 heavy (non-hydrogen) atoms. The van der Waals surface area contributed by atoms with Gasteiger partial charge in [0.15, 0.2) is 0 Å². The minimum absolute atomic E-state index is 0.0749. The van der Waals surface area contributed by atoms with E-state index in [-0.39, 0.29) is 11.7 Å². The second-order valence-corrected chi connectivity index (χ2v) is 9.44. The van der Waals surface area contributed by atoms with E-state index < -0.39 is 0 Å². The van der Waals surface area contributed by atoms with Crippen LogP contribution in [0, 0.1) is 13.8 Å². The summed E-state index contributed by atoms with van der Waals surface area (Å²) in [6.07, 6.45) is 3.42. The van der Waals surface area contributed by atoms with Gasteiger partial charge in [0.1, 0.15) is 0 Å². The van der Waals surface area contributed by atoms with E-state index in [0.717, 1.165) is 29.1 Å². The first-order chi connectivity index (χ1) is 17.0. The number of rotatable bonds is 11. The monoisotopic (exact) mass is 489 g/mol. The number of benzene rings is 2. The fourth-order valence-electron chi connectivity index (χ4n) is 3.88. The Morgan fingerprint density at radius 1 is 1.03 bits per heavy atom. The Balaban J connectivity index is 1.32. The molecule has 2 heterocycles. The maximum Gasteiger partial charge on any atom is 0.230 e. The molecule has 2 aromatic heterocycles. The largest absolute Gasteiger partial charge is 0.351 e. The van der Waals surface area contributed by atoms with Crippen LogP contribution in [0.3, 0.4) is 0 Å². The average Bonchev–Trinajstić information content (AvgIpc) is 3.45. The zero-order valence-corrected chi connectivity index (χ0v) is 21.3. The first-order valence-electron chi connectivity index (χ1n) is 11.9. The summed E-state index contributed by atoms with van der Waals surface area (Å²) in [6, 6.07) is 18.5. The van der Waals surface area contributed by atoms with E-state index in [2.05, 4.69) is 57.1 Å². The van der Waals surface area contributed by atoms with E-state index in [0.29, 0.717) is 18.2 Å². The average molecular weight is 490 g/mol. The first-order valence-corrected chi connectivity index (χ1v) is 12.9. The Morgan fingerprint density at radius 2 is 1.80 bits per heavy atom. The maximum atomic E-state index is 12.6. The number of unbranched alkanes of at least 4 members (excludes halogenated alkanes) is 1. The van der Waals surface area contributed by atoms with Crippen LogP contribution in [0.2, 0.25) is 0 Å². The highest BCUT2D eigenvalue weighted by Crippen LogP contribution is 2.19. The zero-order valence-electron chi connectivity index (χ0n) is 20.4. The summed E-state index contributed by atoms with van der Waals surface area (Å²) in [5, 5.41) is 20.3. The van der Waals surface area contributed by atoms with Crippen molar-refractivity contribution < 1.29 is 4.79 Å². The standard InChI is InChI=1S/C26H31N7OS/c1-4-5-9-21-12-14-23(15-13-21)33-26(28-30-31-33)35-18-25(34)27-16-24-19(2)29-32(20(24)3)17-22-10-7-6-8-11-22/h6-8,10-15H,4-5,9,16-18H2,1-3H3,(H,27,34). The van der Waals surface area contributed by atoms with Crippen LogP contribution in [0.15, 0.2) is 59.8 Å². The Hall–Kier alpha value is -3.46. The molecule has 0 bridgehead atoms. The van der Waals surface area contributed by atoms with Gasteiger partial charge in [0.2, 0.25) is 11.1 Å². The van der Waals surface area contributed by atoms with Crippen LogP contribution in [-0.2, 0) is 24.3 Å². The summed E-state index contributed by atoms with van der Waals surface area (Å²) in [7, 11) is 0. The van der Waals surface area contributed by atoms with Gasteiger partial charge in [-0.3, -0.25) is 9.48 Å². The van der Waals surface area contributed by atoms with Gasteiger partial charge in [0.05, 0.1) is 23.7 Å². The lowest BCUT2D eigenvalue weighted by Gasteiger charge is -2.08. The van der Waals surface area contributed by atoms with E-state index in [9.17, 15) is 4.79 Å². The lowest BCUT2D eigenvalue weighted by atomic mass is 10.1. The number of thioether (sulfide) groups is 1. The van der Waals surface area contributed by atoms with Gasteiger partial charge in [-0.05, 0) is 60.4 Å². The molecule has 4 aromatic rings. The van der Waals surface area contributed by atoms with Crippen LogP contribution in [-0.4, -0.2) is 41.6 Å². The summed E-state index contributed by atoms with van der Waals surface area (Å²) in [5.41, 5.74) is 6.42. The molecule has 0 spiro atoms. The van der Waals surface area contributed by atoms with Crippen molar-refractivity contribution in [2.75, 3.05) is 5.75 Å². The van der Waals surface area contributed by atoms with Crippen molar-refractivity contribution in [1.82, 2.24) is 35.3 Å². The van der Waals surface area contributed by atoms with Crippen molar-refractivity contribution in [3.05, 3.63) is 82.7 Å². The van der Waals surface area contributed by atoms with E-state index >= 15 is 0 Å². The number of aromatic nitrogens is 6. The second-order valence-electron chi connectivity index (χ2n) is 8.50. The number of aryl methyl sites for hydroxylation is 2. The molecule has 8 nitrogen and oxygen atoms in total. The summed E-state index contributed by atoms with van der Waals surface area (Å²) in [4.78, 5) is 12.6. The molecule has 182 valence electrons. The number of nitrogens with one attached hydrogen (secondary N) is 1. The third-order valence-corrected chi connectivity index (χ3v) is 6.86. The van der Waals surface area contributed by atoms with Gasteiger partial charge < -0.3 is 5.32 Å². The van der Waals surface area contributed by atoms with Gasteiger partial charge in [0, 0.05) is 17.8 Å². The molecule has 1 N–H and O–H groups in total. The molecule has 2 aromatic carbocycles. The lowest BCUT2D eigenvalue weighted by Crippen LogP contribution is -2.25. The second kappa shape index (κ2) is 11.8. The highest BCUT2D eigenvalue weighted by molar-refractivity contribution is 7.99. The molecule has 4 rings (SSSR count). The molecule has 0 aliphatic heterocycles. The Kier molecular flexibility index (Phi) is 8.31. The van der Waals surface area contributed by atoms with Crippen LogP contribution >= 0.6 is 11.8 Å². The minimum Gasteiger partial charge on any atom is -0.351 e. The van der Waals surface area contributed by atoms with Gasteiger partial charge in [0.25, 0.3) is 0 Å². The number of hydrogen-bond donors (Lipinski definition) is 1. The number of carbonyl (C=O) groups is 1. The lowest BCUT2D eigenvalue weighted by molar-refractivity contribution is -0.118. The van der Waals surface area contributed by atoms with Crippen LogP contribution < -0.4 is 5.32 Å². The molecule has 0 aliphatic carbocycles. The quantitative estimate of drug-likeness (QED) is 0.316. The van der Waals surface area contributed by atoms with Crippen molar-refractivity contribution in [3.63, 3.8) is 0 Å². The zero-order chi connectivity index (χ0) is 24.6. The summed E-state index contributed by atoms with van der Waals surface area (Å²) >= 11 is 1.32. The van der Waals surface area contributed by atoms with E-state index in [4.69, 9.17) is 0 Å². The molecule has 9 heteroatoms. The molecular formula is C26H31N7OS. The summed E-state index contributed by atoms with van der Waals surface area (Å²) in [6.45, 7) is 7.36. The van der Waals surface area contributed by atoms with Gasteiger partial charge in [-0.2, -0.15) is 9.78 Å². The highest BCUT2D eigenvalue weighted by atomic mass is 32.2. The minimum atomic E-state index is -0.0749. The third-order valence-electron chi connectivity index (χ3n) is 5.94. The topological polar surface area (TPSA) is 90.5 Å². The molecule has 0 saturated carbocycles. The van der Waals surface area contributed by atoms with Crippen molar-refractivity contribution in [1.29, 1.82) is 0 Å². The highest BCUT2D eigenvalue weighted by Gasteiger charge is 2.15. The maximum absolute atomic E-state index is 12.6. The molecule has 1 amide bonds. The number of tetrazole rings is 1. The fourth-order valence-corrected chi connectivity index (χ4v) is 4.60. The summed E-state index contributed by atoms with van der Waals surface area (Å²) < 4.78 is 3.66. The number of carbonyl (C=O) groups excluding carboxylic acids is 1. The van der Waals surface area contributed by atoms with E-state index in [1.54, 1.807) is 4.68 Å². The van der Waals surface area contributed by atoms with Crippen molar-refractivity contribution in [2.45, 2.75) is 58.3 Å². The smallest absolute Gasteiger partial charge is 0.230 e. The molecule has 0 radical (unpaired) electrons. The number of amides is 1. The molecule has 0 aliphatic rings. The molecule has 0 unspecified atom stereocenters. The first kappa shape index (κ1) is 24.7. The Bertz CT molecular complexity index is 1250. The Labute approximate surface area is 210 Å².